The van der Waals surface area contributed by atoms with E-state index in [4.69, 9.17) is 10.00 Å². The van der Waals surface area contributed by atoms with Gasteiger partial charge in [0, 0.05) is 23.4 Å². The first-order valence-electron chi connectivity index (χ1n) is 5.86. The van der Waals surface area contributed by atoms with Gasteiger partial charge in [-0.05, 0) is 31.0 Å². The first-order chi connectivity index (χ1) is 9.00. The molecule has 0 saturated carbocycles. The number of benzene rings is 1. The van der Waals surface area contributed by atoms with Gasteiger partial charge in [-0.15, -0.1) is 11.8 Å². The molecule has 1 heterocycles. The van der Waals surface area contributed by atoms with Crippen molar-refractivity contribution in [3.05, 3.63) is 29.3 Å². The van der Waals surface area contributed by atoms with E-state index in [0.29, 0.717) is 23.4 Å². The zero-order valence-electron chi connectivity index (χ0n) is 10.0. The van der Waals surface area contributed by atoms with Crippen molar-refractivity contribution in [1.29, 1.82) is 5.26 Å². The van der Waals surface area contributed by atoms with Gasteiger partial charge in [-0.2, -0.15) is 18.4 Å². The first kappa shape index (κ1) is 14.2. The van der Waals surface area contributed by atoms with Crippen LogP contribution in [-0.2, 0) is 10.9 Å². The molecule has 1 aliphatic rings. The fourth-order valence-electron chi connectivity index (χ4n) is 1.87. The van der Waals surface area contributed by atoms with Crippen LogP contribution in [0.3, 0.4) is 0 Å². The molecular weight excluding hydrogens is 275 g/mol. The molecular formula is C13H12F3NOS. The molecule has 0 spiro atoms. The predicted octanol–water partition coefficient (Wildman–Crippen LogP) is 3.85. The number of nitriles is 1. The number of rotatable bonds is 2. The molecule has 0 aromatic heterocycles. The summed E-state index contributed by atoms with van der Waals surface area (Å²) in [6.45, 7) is 1.33. The summed E-state index contributed by atoms with van der Waals surface area (Å²) in [5.74, 6) is 0. The number of hydrogen-bond donors (Lipinski definition) is 0. The number of alkyl halides is 3. The minimum atomic E-state index is -4.41. The summed E-state index contributed by atoms with van der Waals surface area (Å²) in [7, 11) is 0. The maximum Gasteiger partial charge on any atom is 0.416 e. The third-order valence-electron chi connectivity index (χ3n) is 2.89. The molecule has 6 heteroatoms. The second-order valence-corrected chi connectivity index (χ2v) is 5.59. The fourth-order valence-corrected chi connectivity index (χ4v) is 3.04. The highest BCUT2D eigenvalue weighted by Gasteiger charge is 2.31. The summed E-state index contributed by atoms with van der Waals surface area (Å²) in [6, 6.07) is 5.18. The molecule has 1 saturated heterocycles. The van der Waals surface area contributed by atoms with Crippen LogP contribution in [0.25, 0.3) is 0 Å². The Morgan fingerprint density at radius 2 is 1.95 bits per heavy atom. The Labute approximate surface area is 113 Å². The van der Waals surface area contributed by atoms with Gasteiger partial charge in [-0.1, -0.05) is 0 Å². The van der Waals surface area contributed by atoms with Gasteiger partial charge in [0.25, 0.3) is 0 Å². The molecule has 0 N–H and O–H groups in total. The average Bonchev–Trinajstić information content (AvgIpc) is 2.39. The molecule has 19 heavy (non-hydrogen) atoms. The van der Waals surface area contributed by atoms with Gasteiger partial charge in [-0.3, -0.25) is 0 Å². The summed E-state index contributed by atoms with van der Waals surface area (Å²) in [6.07, 6.45) is -2.69. The molecule has 0 unspecified atom stereocenters. The summed E-state index contributed by atoms with van der Waals surface area (Å²) >= 11 is 1.47. The number of ether oxygens (including phenoxy) is 1. The summed E-state index contributed by atoms with van der Waals surface area (Å²) in [4.78, 5) is 0.613. The summed E-state index contributed by atoms with van der Waals surface area (Å²) in [5.41, 5.74) is -0.688. The standard InChI is InChI=1S/C13H12F3NOS/c14-13(15,16)10-1-2-12(9(7-10)8-17)19-11-3-5-18-6-4-11/h1-2,7,11H,3-6H2. The van der Waals surface area contributed by atoms with Gasteiger partial charge in [0.1, 0.15) is 6.07 Å². The molecule has 102 valence electrons. The monoisotopic (exact) mass is 287 g/mol. The zero-order chi connectivity index (χ0) is 13.9. The summed E-state index contributed by atoms with van der Waals surface area (Å²) in [5, 5.41) is 9.29. The fraction of sp³-hybridized carbons (Fsp3) is 0.462. The Morgan fingerprint density at radius 1 is 1.26 bits per heavy atom. The van der Waals surface area contributed by atoms with Crippen LogP contribution < -0.4 is 0 Å². The highest BCUT2D eigenvalue weighted by Crippen LogP contribution is 2.36. The third kappa shape index (κ3) is 3.64. The minimum Gasteiger partial charge on any atom is -0.381 e. The molecule has 0 aliphatic carbocycles. The molecule has 1 fully saturated rings. The molecule has 0 atom stereocenters. The minimum absolute atomic E-state index is 0.0892. The van der Waals surface area contributed by atoms with Gasteiger partial charge < -0.3 is 4.74 Å². The van der Waals surface area contributed by atoms with Crippen molar-refractivity contribution >= 4 is 11.8 Å². The van der Waals surface area contributed by atoms with E-state index in [2.05, 4.69) is 0 Å². The first-order valence-corrected chi connectivity index (χ1v) is 6.74. The molecule has 1 aromatic rings. The van der Waals surface area contributed by atoms with Crippen LogP contribution >= 0.6 is 11.8 Å². The van der Waals surface area contributed by atoms with E-state index >= 15 is 0 Å². The lowest BCUT2D eigenvalue weighted by molar-refractivity contribution is -0.137. The van der Waals surface area contributed by atoms with Crippen LogP contribution in [0.5, 0.6) is 0 Å². The lowest BCUT2D eigenvalue weighted by Crippen LogP contribution is -2.17. The number of thioether (sulfide) groups is 1. The maximum absolute atomic E-state index is 12.6. The number of hydrogen-bond acceptors (Lipinski definition) is 3. The van der Waals surface area contributed by atoms with Crippen LogP contribution in [0.4, 0.5) is 13.2 Å². The predicted molar refractivity (Wildman–Crippen MR) is 65.9 cm³/mol. The average molecular weight is 287 g/mol. The Bertz CT molecular complexity index is 490. The van der Waals surface area contributed by atoms with Gasteiger partial charge >= 0.3 is 6.18 Å². The lowest BCUT2D eigenvalue weighted by atomic mass is 10.1. The van der Waals surface area contributed by atoms with E-state index < -0.39 is 11.7 Å². The lowest BCUT2D eigenvalue weighted by Gasteiger charge is -2.22. The number of nitrogens with zero attached hydrogens (tertiary/aromatic N) is 1. The maximum atomic E-state index is 12.6. The third-order valence-corrected chi connectivity index (χ3v) is 4.30. The van der Waals surface area contributed by atoms with Gasteiger partial charge in [0.2, 0.25) is 0 Å². The van der Waals surface area contributed by atoms with Crippen LogP contribution in [0.15, 0.2) is 23.1 Å². The molecule has 2 rings (SSSR count). The smallest absolute Gasteiger partial charge is 0.381 e. The Hall–Kier alpha value is -1.19. The molecule has 0 amide bonds. The molecule has 1 aromatic carbocycles. The SMILES string of the molecule is N#Cc1cc(C(F)(F)F)ccc1SC1CCOCC1. The van der Waals surface area contributed by atoms with Crippen molar-refractivity contribution < 1.29 is 17.9 Å². The van der Waals surface area contributed by atoms with Gasteiger partial charge in [0.05, 0.1) is 11.1 Å². The zero-order valence-corrected chi connectivity index (χ0v) is 10.9. The van der Waals surface area contributed by atoms with Crippen molar-refractivity contribution in [2.75, 3.05) is 13.2 Å². The van der Waals surface area contributed by atoms with E-state index in [1.807, 2.05) is 6.07 Å². The van der Waals surface area contributed by atoms with Crippen LogP contribution in [0.1, 0.15) is 24.0 Å². The van der Waals surface area contributed by atoms with Crippen LogP contribution in [0.2, 0.25) is 0 Å². The topological polar surface area (TPSA) is 33.0 Å². The molecule has 1 aliphatic heterocycles. The van der Waals surface area contributed by atoms with E-state index in [0.717, 1.165) is 25.0 Å². The van der Waals surface area contributed by atoms with Crippen LogP contribution in [-0.4, -0.2) is 18.5 Å². The van der Waals surface area contributed by atoms with E-state index in [-0.39, 0.29) is 5.56 Å². The van der Waals surface area contributed by atoms with Crippen molar-refractivity contribution in [3.63, 3.8) is 0 Å². The van der Waals surface area contributed by atoms with E-state index in [9.17, 15) is 13.2 Å². The van der Waals surface area contributed by atoms with Crippen LogP contribution in [0, 0.1) is 11.3 Å². The number of halogens is 3. The van der Waals surface area contributed by atoms with Gasteiger partial charge in [0.15, 0.2) is 0 Å². The Balaban J connectivity index is 2.19. The molecule has 0 radical (unpaired) electrons. The molecule has 0 bridgehead atoms. The van der Waals surface area contributed by atoms with Crippen molar-refractivity contribution in [1.82, 2.24) is 0 Å². The Kier molecular flexibility index (Phi) is 4.38. The second kappa shape index (κ2) is 5.85. The van der Waals surface area contributed by atoms with Crippen molar-refractivity contribution in [3.8, 4) is 6.07 Å². The van der Waals surface area contributed by atoms with Crippen molar-refractivity contribution in [2.24, 2.45) is 0 Å². The van der Waals surface area contributed by atoms with Gasteiger partial charge in [-0.25, -0.2) is 0 Å². The molecule has 2 nitrogen and oxygen atoms in total. The highest BCUT2D eigenvalue weighted by atomic mass is 32.2. The quantitative estimate of drug-likeness (QED) is 0.828. The summed E-state index contributed by atoms with van der Waals surface area (Å²) < 4.78 is 42.9. The van der Waals surface area contributed by atoms with Crippen molar-refractivity contribution in [2.45, 2.75) is 29.2 Å². The Morgan fingerprint density at radius 3 is 2.53 bits per heavy atom. The normalized spacial score (nSPS) is 17.2. The van der Waals surface area contributed by atoms with E-state index in [1.54, 1.807) is 0 Å². The highest BCUT2D eigenvalue weighted by molar-refractivity contribution is 8.00. The van der Waals surface area contributed by atoms with E-state index in [1.165, 1.54) is 17.8 Å². The largest absolute Gasteiger partial charge is 0.416 e. The second-order valence-electron chi connectivity index (χ2n) is 4.25.